The minimum Gasteiger partial charge on any atom is -0.454 e. The molecule has 3 aliphatic rings. The van der Waals surface area contributed by atoms with Crippen LogP contribution in [0.2, 0.25) is 0 Å². The average molecular weight is 760 g/mol. The van der Waals surface area contributed by atoms with Crippen molar-refractivity contribution >= 4 is 83.0 Å². The minimum absolute atomic E-state index is 0.112. The highest BCUT2D eigenvalue weighted by Crippen LogP contribution is 2.60. The second-order valence-corrected chi connectivity index (χ2v) is 13.5. The Morgan fingerprint density at radius 3 is 1.79 bits per heavy atom. The molecule has 3 aromatic rings. The third kappa shape index (κ3) is 5.16. The Balaban J connectivity index is 1.04. The van der Waals surface area contributed by atoms with E-state index in [1.54, 1.807) is 36.4 Å². The third-order valence-corrected chi connectivity index (χ3v) is 11.9. The Bertz CT molecular complexity index is 1560. The summed E-state index contributed by atoms with van der Waals surface area (Å²) < 4.78 is 11.4. The lowest BCUT2D eigenvalue weighted by Crippen LogP contribution is -2.37. The topological polar surface area (TPSA) is 107 Å². The number of fused-ring (bicyclic) bond motifs is 5. The van der Waals surface area contributed by atoms with Gasteiger partial charge in [-0.2, -0.15) is 0 Å². The maximum atomic E-state index is 13.2. The van der Waals surface area contributed by atoms with E-state index in [9.17, 15) is 24.0 Å². The molecular formula is C31H22Br3NO7. The molecule has 214 valence electrons. The van der Waals surface area contributed by atoms with Crippen LogP contribution in [0.3, 0.4) is 0 Å². The zero-order chi connectivity index (χ0) is 29.7. The molecule has 2 amide bonds. The second-order valence-electron chi connectivity index (χ2n) is 10.5. The number of ketones is 1. The lowest BCUT2D eigenvalue weighted by molar-refractivity contribution is -0.123. The van der Waals surface area contributed by atoms with Gasteiger partial charge in [-0.15, -0.1) is 0 Å². The number of benzene rings is 3. The van der Waals surface area contributed by atoms with Gasteiger partial charge in [-0.25, -0.2) is 9.59 Å². The van der Waals surface area contributed by atoms with Crippen LogP contribution in [0.1, 0.15) is 37.5 Å². The number of imide groups is 1. The first-order valence-corrected chi connectivity index (χ1v) is 15.8. The van der Waals surface area contributed by atoms with E-state index in [2.05, 4.69) is 47.8 Å². The first kappa shape index (κ1) is 28.9. The Morgan fingerprint density at radius 2 is 1.21 bits per heavy atom. The standard InChI is InChI=1S/C31H22Br3NO7/c32-18-7-1-17(2-8-18)31(40)42-20-11-5-15(6-12-20)23(36)14-41-30(39)16-3-9-19(10-4-16)35-28(37)24-21-13-22(25(24)29(35)38)27(34)26(21)33/h1-12,21-22,24-27H,13-14H2. The molecule has 6 atom stereocenters. The number of alkyl halides is 2. The van der Waals surface area contributed by atoms with Crippen molar-refractivity contribution in [1.29, 1.82) is 0 Å². The van der Waals surface area contributed by atoms with Gasteiger partial charge in [-0.3, -0.25) is 19.3 Å². The fraction of sp³-hybridized carbons (Fsp3) is 0.258. The van der Waals surface area contributed by atoms with Crippen molar-refractivity contribution in [2.75, 3.05) is 11.5 Å². The van der Waals surface area contributed by atoms with Crippen molar-refractivity contribution in [3.8, 4) is 5.75 Å². The summed E-state index contributed by atoms with van der Waals surface area (Å²) in [5, 5.41) is 0. The van der Waals surface area contributed by atoms with E-state index < -0.39 is 24.3 Å². The summed E-state index contributed by atoms with van der Waals surface area (Å²) in [6.07, 6.45) is 0.848. The van der Waals surface area contributed by atoms with E-state index in [1.807, 2.05) is 0 Å². The Hall–Kier alpha value is -3.15. The minimum atomic E-state index is -0.715. The van der Waals surface area contributed by atoms with Gasteiger partial charge in [0.25, 0.3) is 0 Å². The van der Waals surface area contributed by atoms with Crippen molar-refractivity contribution in [1.82, 2.24) is 0 Å². The van der Waals surface area contributed by atoms with E-state index in [0.717, 1.165) is 10.9 Å². The molecule has 3 aromatic carbocycles. The van der Waals surface area contributed by atoms with Crippen LogP contribution in [0.15, 0.2) is 77.3 Å². The number of carbonyl (C=O) groups is 5. The summed E-state index contributed by atoms with van der Waals surface area (Å²) in [6, 6.07) is 18.7. The predicted octanol–water partition coefficient (Wildman–Crippen LogP) is 5.99. The Kier molecular flexibility index (Phi) is 7.93. The average Bonchev–Trinajstić information content (AvgIpc) is 3.61. The lowest BCUT2D eigenvalue weighted by atomic mass is 9.81. The fourth-order valence-electron chi connectivity index (χ4n) is 6.11. The van der Waals surface area contributed by atoms with Crippen LogP contribution in [0, 0.1) is 23.7 Å². The summed E-state index contributed by atoms with van der Waals surface area (Å²) in [5.74, 6) is -2.25. The van der Waals surface area contributed by atoms with Crippen LogP contribution in [0.25, 0.3) is 0 Å². The van der Waals surface area contributed by atoms with E-state index >= 15 is 0 Å². The SMILES string of the molecule is O=C(COC(=O)c1ccc(N2C(=O)C3C4CC(C(Br)C4Br)C3C2=O)cc1)c1ccc(OC(=O)c2ccc(Br)cc2)cc1. The fourth-order valence-corrected chi connectivity index (χ4v) is 8.25. The maximum absolute atomic E-state index is 13.2. The highest BCUT2D eigenvalue weighted by Gasteiger charge is 2.66. The smallest absolute Gasteiger partial charge is 0.343 e. The molecule has 42 heavy (non-hydrogen) atoms. The molecule has 1 aliphatic heterocycles. The first-order chi connectivity index (χ1) is 20.1. The van der Waals surface area contributed by atoms with Gasteiger partial charge in [-0.05, 0) is 91.1 Å². The van der Waals surface area contributed by atoms with Crippen molar-refractivity contribution in [3.63, 3.8) is 0 Å². The highest BCUT2D eigenvalue weighted by molar-refractivity contribution is 9.12. The normalized spacial score (nSPS) is 25.8. The molecule has 1 heterocycles. The number of rotatable bonds is 7. The molecule has 1 saturated heterocycles. The van der Waals surface area contributed by atoms with Gasteiger partial charge in [0, 0.05) is 19.7 Å². The number of Topliss-reactive ketones (excluding diaryl/α,β-unsaturated/α-hetero) is 1. The summed E-state index contributed by atoms with van der Waals surface area (Å²) in [6.45, 7) is -0.491. The van der Waals surface area contributed by atoms with Gasteiger partial charge >= 0.3 is 11.9 Å². The van der Waals surface area contributed by atoms with Crippen LogP contribution in [0.4, 0.5) is 5.69 Å². The van der Waals surface area contributed by atoms with Gasteiger partial charge < -0.3 is 9.47 Å². The van der Waals surface area contributed by atoms with Crippen LogP contribution >= 0.6 is 47.8 Å². The molecule has 6 unspecified atom stereocenters. The molecule has 0 N–H and O–H groups in total. The number of ether oxygens (including phenoxy) is 2. The van der Waals surface area contributed by atoms with Crippen molar-refractivity contribution in [2.45, 2.75) is 16.1 Å². The van der Waals surface area contributed by atoms with Crippen LogP contribution < -0.4 is 9.64 Å². The number of hydrogen-bond donors (Lipinski definition) is 0. The molecule has 3 fully saturated rings. The summed E-state index contributed by atoms with van der Waals surface area (Å²) in [7, 11) is 0. The summed E-state index contributed by atoms with van der Waals surface area (Å²) in [4.78, 5) is 65.5. The van der Waals surface area contributed by atoms with E-state index in [1.165, 1.54) is 41.3 Å². The molecule has 0 radical (unpaired) electrons. The molecule has 0 spiro atoms. The quantitative estimate of drug-likeness (QED) is 0.0959. The number of hydrogen-bond acceptors (Lipinski definition) is 7. The number of amides is 2. The van der Waals surface area contributed by atoms with Gasteiger partial charge in [0.05, 0.1) is 28.7 Å². The molecule has 11 heteroatoms. The van der Waals surface area contributed by atoms with Gasteiger partial charge in [-0.1, -0.05) is 47.8 Å². The van der Waals surface area contributed by atoms with Crippen LogP contribution in [-0.2, 0) is 14.3 Å². The molecule has 2 bridgehead atoms. The molecule has 2 aliphatic carbocycles. The van der Waals surface area contributed by atoms with Crippen molar-refractivity contribution in [3.05, 3.63) is 94.0 Å². The van der Waals surface area contributed by atoms with Crippen LogP contribution in [0.5, 0.6) is 5.75 Å². The summed E-state index contributed by atoms with van der Waals surface area (Å²) in [5.41, 5.74) is 1.25. The number of halogens is 3. The van der Waals surface area contributed by atoms with Gasteiger partial charge in [0.15, 0.2) is 12.4 Å². The molecule has 0 aromatic heterocycles. The zero-order valence-corrected chi connectivity index (χ0v) is 26.5. The Morgan fingerprint density at radius 1 is 0.714 bits per heavy atom. The van der Waals surface area contributed by atoms with Gasteiger partial charge in [0.2, 0.25) is 11.8 Å². The van der Waals surface area contributed by atoms with E-state index in [4.69, 9.17) is 9.47 Å². The lowest BCUT2D eigenvalue weighted by Gasteiger charge is -2.28. The first-order valence-electron chi connectivity index (χ1n) is 13.2. The maximum Gasteiger partial charge on any atom is 0.343 e. The van der Waals surface area contributed by atoms with Crippen LogP contribution in [-0.4, -0.2) is 45.8 Å². The van der Waals surface area contributed by atoms with Gasteiger partial charge in [0.1, 0.15) is 5.75 Å². The summed E-state index contributed by atoms with van der Waals surface area (Å²) >= 11 is 10.7. The largest absolute Gasteiger partial charge is 0.454 e. The number of carbonyl (C=O) groups excluding carboxylic acids is 5. The second kappa shape index (κ2) is 11.5. The van der Waals surface area contributed by atoms with E-state index in [-0.39, 0.29) is 62.0 Å². The number of anilines is 1. The highest BCUT2D eigenvalue weighted by atomic mass is 79.9. The Labute approximate surface area is 266 Å². The molecule has 8 nitrogen and oxygen atoms in total. The predicted molar refractivity (Wildman–Crippen MR) is 163 cm³/mol. The van der Waals surface area contributed by atoms with Crippen molar-refractivity contribution in [2.24, 2.45) is 23.7 Å². The number of esters is 2. The zero-order valence-electron chi connectivity index (χ0n) is 21.7. The molecule has 6 rings (SSSR count). The van der Waals surface area contributed by atoms with Crippen molar-refractivity contribution < 1.29 is 33.4 Å². The molecular weight excluding hydrogens is 738 g/mol. The number of nitrogens with zero attached hydrogens (tertiary/aromatic N) is 1. The monoisotopic (exact) mass is 757 g/mol. The molecule has 2 saturated carbocycles. The van der Waals surface area contributed by atoms with E-state index in [0.29, 0.717) is 11.3 Å². The third-order valence-electron chi connectivity index (χ3n) is 8.15.